The summed E-state index contributed by atoms with van der Waals surface area (Å²) in [6, 6.07) is 18.0. The van der Waals surface area contributed by atoms with Crippen LogP contribution in [0.2, 0.25) is 10.0 Å². The fourth-order valence-electron chi connectivity index (χ4n) is 4.23. The summed E-state index contributed by atoms with van der Waals surface area (Å²) in [4.78, 5) is 15.5. The number of fused-ring (bicyclic) bond motifs is 3. The Hall–Kier alpha value is -2.51. The van der Waals surface area contributed by atoms with E-state index in [1.165, 1.54) is 12.1 Å². The zero-order valence-corrected chi connectivity index (χ0v) is 23.4. The first-order chi connectivity index (χ1) is 17.4. The van der Waals surface area contributed by atoms with Crippen LogP contribution < -0.4 is 34.7 Å². The van der Waals surface area contributed by atoms with Crippen LogP contribution in [0.1, 0.15) is 46.0 Å². The Morgan fingerprint density at radius 1 is 1.00 bits per heavy atom. The number of carbonyl (C=O) groups is 1. The third kappa shape index (κ3) is 6.15. The van der Waals surface area contributed by atoms with Gasteiger partial charge in [0, 0.05) is 28.4 Å². The number of ether oxygens (including phenoxy) is 1. The average Bonchev–Trinajstić information content (AvgIpc) is 3.01. The monoisotopic (exact) mass is 541 g/mol. The van der Waals surface area contributed by atoms with Crippen molar-refractivity contribution in [3.63, 3.8) is 0 Å². The standard InChI is InChI=1S/C29H20Cl2FNO3.Na/c30-23-3-1-2-19-8-7-18-6-4-17(14-22(18)29(28(19)23)36-13-12-27(34)35)5-10-21-11-9-20-15-25(32)24(31)16-26(20)33-21;/h1-11,14-16,29H,12-13H2,(H,34,35);/q;+1/p-1/b10-5+;. The Morgan fingerprint density at radius 3 is 2.62 bits per heavy atom. The summed E-state index contributed by atoms with van der Waals surface area (Å²) in [5.74, 6) is -1.66. The molecule has 0 fully saturated rings. The summed E-state index contributed by atoms with van der Waals surface area (Å²) < 4.78 is 19.8. The summed E-state index contributed by atoms with van der Waals surface area (Å²) >= 11 is 12.5. The normalized spacial score (nSPS) is 14.2. The summed E-state index contributed by atoms with van der Waals surface area (Å²) in [6.45, 7) is -0.0126. The molecule has 1 unspecified atom stereocenters. The van der Waals surface area contributed by atoms with Crippen molar-refractivity contribution in [3.8, 4) is 0 Å². The van der Waals surface area contributed by atoms with Gasteiger partial charge in [0.2, 0.25) is 0 Å². The van der Waals surface area contributed by atoms with Gasteiger partial charge < -0.3 is 14.6 Å². The Kier molecular flexibility index (Phi) is 8.86. The first-order valence-corrected chi connectivity index (χ1v) is 12.0. The van der Waals surface area contributed by atoms with E-state index in [4.69, 9.17) is 27.9 Å². The molecule has 5 rings (SSSR count). The van der Waals surface area contributed by atoms with Crippen molar-refractivity contribution in [2.45, 2.75) is 12.5 Å². The van der Waals surface area contributed by atoms with Gasteiger partial charge in [-0.25, -0.2) is 9.37 Å². The van der Waals surface area contributed by atoms with Crippen LogP contribution in [-0.4, -0.2) is 17.6 Å². The molecule has 0 saturated heterocycles. The van der Waals surface area contributed by atoms with Gasteiger partial charge in [-0.05, 0) is 58.7 Å². The van der Waals surface area contributed by atoms with Crippen LogP contribution >= 0.6 is 23.2 Å². The van der Waals surface area contributed by atoms with Crippen molar-refractivity contribution in [3.05, 3.63) is 110 Å². The maximum absolute atomic E-state index is 13.7. The summed E-state index contributed by atoms with van der Waals surface area (Å²) in [5.41, 5.74) is 5.69. The molecule has 0 saturated carbocycles. The van der Waals surface area contributed by atoms with Gasteiger partial charge in [0.05, 0.1) is 22.8 Å². The number of rotatable bonds is 6. The van der Waals surface area contributed by atoms with Gasteiger partial charge >= 0.3 is 29.6 Å². The fourth-order valence-corrected chi connectivity index (χ4v) is 4.67. The van der Waals surface area contributed by atoms with Gasteiger partial charge in [-0.3, -0.25) is 0 Å². The molecule has 0 spiro atoms. The van der Waals surface area contributed by atoms with E-state index in [2.05, 4.69) is 4.98 Å². The SMILES string of the molecule is O=C([O-])CCOC1c2cc(/C=C/c3ccc4cc(F)c(Cl)cc4n3)ccc2C=Cc2cccc(Cl)c21.[Na+]. The number of benzene rings is 3. The number of hydrogen-bond acceptors (Lipinski definition) is 4. The number of pyridine rings is 1. The number of nitrogens with zero attached hydrogens (tertiary/aromatic N) is 1. The molecule has 0 N–H and O–H groups in total. The third-order valence-corrected chi connectivity index (χ3v) is 6.59. The average molecular weight is 542 g/mol. The molecule has 1 aliphatic carbocycles. The molecule has 0 aliphatic heterocycles. The minimum Gasteiger partial charge on any atom is -0.550 e. The first kappa shape index (κ1) is 27.5. The van der Waals surface area contributed by atoms with Crippen LogP contribution in [0.4, 0.5) is 4.39 Å². The summed E-state index contributed by atoms with van der Waals surface area (Å²) in [7, 11) is 0. The van der Waals surface area contributed by atoms with Crippen molar-refractivity contribution < 1.29 is 48.6 Å². The molecule has 0 bridgehead atoms. The Balaban J connectivity index is 0.00000320. The molecule has 3 aromatic carbocycles. The molecule has 4 aromatic rings. The first-order valence-electron chi connectivity index (χ1n) is 11.2. The van der Waals surface area contributed by atoms with Crippen molar-refractivity contribution in [2.24, 2.45) is 0 Å². The quantitative estimate of drug-likeness (QED) is 0.350. The minimum absolute atomic E-state index is 0. The van der Waals surface area contributed by atoms with E-state index in [0.29, 0.717) is 21.6 Å². The molecular weight excluding hydrogens is 523 g/mol. The maximum Gasteiger partial charge on any atom is 1.00 e. The van der Waals surface area contributed by atoms with Crippen LogP contribution in [0, 0.1) is 5.82 Å². The number of carboxylic acid groups (broad SMARTS) is 1. The second kappa shape index (κ2) is 11.9. The maximum atomic E-state index is 13.7. The smallest absolute Gasteiger partial charge is 0.550 e. The number of carboxylic acids is 1. The number of halogens is 3. The molecule has 1 heterocycles. The van der Waals surface area contributed by atoms with Gasteiger partial charge in [-0.2, -0.15) is 0 Å². The summed E-state index contributed by atoms with van der Waals surface area (Å²) in [6.07, 6.45) is 6.97. The third-order valence-electron chi connectivity index (χ3n) is 5.97. The molecule has 1 atom stereocenters. The van der Waals surface area contributed by atoms with E-state index in [1.807, 2.05) is 54.6 Å². The van der Waals surface area contributed by atoms with Crippen molar-refractivity contribution in [1.29, 1.82) is 0 Å². The van der Waals surface area contributed by atoms with Gasteiger partial charge in [-0.1, -0.05) is 71.8 Å². The molecule has 0 amide bonds. The van der Waals surface area contributed by atoms with E-state index < -0.39 is 17.9 Å². The van der Waals surface area contributed by atoms with Crippen molar-refractivity contribution >= 4 is 64.4 Å². The molecule has 37 heavy (non-hydrogen) atoms. The van der Waals surface area contributed by atoms with Crippen molar-refractivity contribution in [2.75, 3.05) is 6.61 Å². The van der Waals surface area contributed by atoms with E-state index >= 15 is 0 Å². The van der Waals surface area contributed by atoms with Gasteiger partial charge in [0.25, 0.3) is 0 Å². The van der Waals surface area contributed by atoms with Crippen molar-refractivity contribution in [1.82, 2.24) is 4.98 Å². The van der Waals surface area contributed by atoms with Crippen LogP contribution in [0.15, 0.2) is 60.7 Å². The number of aromatic nitrogens is 1. The topological polar surface area (TPSA) is 62.2 Å². The molecule has 1 aromatic heterocycles. The zero-order valence-electron chi connectivity index (χ0n) is 19.9. The van der Waals surface area contributed by atoms with Crippen LogP contribution in [-0.2, 0) is 9.53 Å². The van der Waals surface area contributed by atoms with Gasteiger partial charge in [-0.15, -0.1) is 0 Å². The van der Waals surface area contributed by atoms with Crippen LogP contribution in [0.5, 0.6) is 0 Å². The Labute approximate surface area is 245 Å². The predicted octanol–water partition coefficient (Wildman–Crippen LogP) is 3.58. The van der Waals surface area contributed by atoms with Gasteiger partial charge in [0.1, 0.15) is 11.9 Å². The van der Waals surface area contributed by atoms with E-state index in [1.54, 1.807) is 18.2 Å². The van der Waals surface area contributed by atoms with Crippen LogP contribution in [0.25, 0.3) is 35.2 Å². The molecular formula is C29H19Cl2FNNaO3. The largest absolute Gasteiger partial charge is 1.00 e. The Bertz CT molecular complexity index is 1550. The molecule has 180 valence electrons. The van der Waals surface area contributed by atoms with E-state index in [-0.39, 0.29) is 47.6 Å². The Morgan fingerprint density at radius 2 is 1.81 bits per heavy atom. The predicted molar refractivity (Wildman–Crippen MR) is 140 cm³/mol. The molecule has 0 radical (unpaired) electrons. The van der Waals surface area contributed by atoms with E-state index in [9.17, 15) is 14.3 Å². The second-order valence-electron chi connectivity index (χ2n) is 8.37. The van der Waals surface area contributed by atoms with Crippen LogP contribution in [0.3, 0.4) is 0 Å². The van der Waals surface area contributed by atoms with Gasteiger partial charge in [0.15, 0.2) is 0 Å². The number of hydrogen-bond donors (Lipinski definition) is 0. The number of carbonyl (C=O) groups excluding carboxylic acids is 1. The molecule has 4 nitrogen and oxygen atoms in total. The summed E-state index contributed by atoms with van der Waals surface area (Å²) in [5, 5.41) is 12.2. The van der Waals surface area contributed by atoms with E-state index in [0.717, 1.165) is 27.8 Å². The molecule has 1 aliphatic rings. The molecule has 8 heteroatoms. The minimum atomic E-state index is -1.18. The fraction of sp³-hybridized carbons (Fsp3) is 0.103. The number of aliphatic carboxylic acids is 1. The zero-order chi connectivity index (χ0) is 25.2. The second-order valence-corrected chi connectivity index (χ2v) is 9.18.